The molecule has 0 radical (unpaired) electrons. The third-order valence-electron chi connectivity index (χ3n) is 3.61. The van der Waals surface area contributed by atoms with Crippen LogP contribution in [-0.2, 0) is 9.59 Å². The highest BCUT2D eigenvalue weighted by Gasteiger charge is 2.35. The molecule has 0 spiro atoms. The Balaban J connectivity index is 2.74. The van der Waals surface area contributed by atoms with Crippen LogP contribution >= 0.6 is 0 Å². The summed E-state index contributed by atoms with van der Waals surface area (Å²) < 4.78 is 0. The highest BCUT2D eigenvalue weighted by molar-refractivity contribution is 5.87. The monoisotopic (exact) mass is 242 g/mol. The van der Waals surface area contributed by atoms with E-state index in [9.17, 15) is 9.59 Å². The van der Waals surface area contributed by atoms with Crippen LogP contribution in [0.4, 0.5) is 0 Å². The number of piperidine rings is 1. The van der Waals surface area contributed by atoms with Gasteiger partial charge in [0.2, 0.25) is 5.91 Å². The first-order valence-corrected chi connectivity index (χ1v) is 6.27. The van der Waals surface area contributed by atoms with Crippen LogP contribution in [0.25, 0.3) is 0 Å². The summed E-state index contributed by atoms with van der Waals surface area (Å²) in [5, 5.41) is 9.10. The van der Waals surface area contributed by atoms with Crippen molar-refractivity contribution >= 4 is 11.9 Å². The van der Waals surface area contributed by atoms with Crippen molar-refractivity contribution < 1.29 is 14.7 Å². The molecule has 3 atom stereocenters. The second-order valence-corrected chi connectivity index (χ2v) is 4.79. The lowest BCUT2D eigenvalue weighted by Gasteiger charge is -2.35. The largest absolute Gasteiger partial charge is 0.480 e. The summed E-state index contributed by atoms with van der Waals surface area (Å²) in [5.74, 6) is -1.06. The molecule has 3 N–H and O–H groups in total. The van der Waals surface area contributed by atoms with Crippen molar-refractivity contribution in [1.82, 2.24) is 4.90 Å². The van der Waals surface area contributed by atoms with Crippen molar-refractivity contribution in [3.8, 4) is 0 Å². The minimum absolute atomic E-state index is 0.0823. The topological polar surface area (TPSA) is 83.6 Å². The van der Waals surface area contributed by atoms with E-state index >= 15 is 0 Å². The molecule has 3 unspecified atom stereocenters. The number of carboxylic acid groups (broad SMARTS) is 1. The maximum atomic E-state index is 12.2. The SMILES string of the molecule is CCC(C)C(N)C(=O)N1CCCCC1C(=O)O. The van der Waals surface area contributed by atoms with E-state index in [4.69, 9.17) is 10.8 Å². The summed E-state index contributed by atoms with van der Waals surface area (Å²) in [6.45, 7) is 4.41. The van der Waals surface area contributed by atoms with Crippen LogP contribution in [0.1, 0.15) is 39.5 Å². The van der Waals surface area contributed by atoms with Gasteiger partial charge < -0.3 is 15.7 Å². The number of carboxylic acids is 1. The molecule has 1 aliphatic heterocycles. The number of amides is 1. The summed E-state index contributed by atoms with van der Waals surface area (Å²) in [4.78, 5) is 24.7. The standard InChI is InChI=1S/C12H22N2O3/c1-3-8(2)10(13)11(15)14-7-5-4-6-9(14)12(16)17/h8-10H,3-7,13H2,1-2H3,(H,16,17). The number of nitrogens with two attached hydrogens (primary N) is 1. The quantitative estimate of drug-likeness (QED) is 0.764. The number of hydrogen-bond acceptors (Lipinski definition) is 3. The van der Waals surface area contributed by atoms with Gasteiger partial charge in [0.05, 0.1) is 6.04 Å². The Morgan fingerprint density at radius 2 is 2.12 bits per heavy atom. The van der Waals surface area contributed by atoms with E-state index in [1.165, 1.54) is 4.90 Å². The van der Waals surface area contributed by atoms with Crippen LogP contribution in [0.3, 0.4) is 0 Å². The van der Waals surface area contributed by atoms with Crippen LogP contribution in [0, 0.1) is 5.92 Å². The third-order valence-corrected chi connectivity index (χ3v) is 3.61. The van der Waals surface area contributed by atoms with E-state index < -0.39 is 18.1 Å². The first kappa shape index (κ1) is 14.0. The van der Waals surface area contributed by atoms with Gasteiger partial charge in [-0.1, -0.05) is 20.3 Å². The molecular weight excluding hydrogens is 220 g/mol. The van der Waals surface area contributed by atoms with Gasteiger partial charge in [-0.15, -0.1) is 0 Å². The first-order valence-electron chi connectivity index (χ1n) is 6.27. The van der Waals surface area contributed by atoms with Crippen molar-refractivity contribution in [1.29, 1.82) is 0 Å². The predicted octanol–water partition coefficient (Wildman–Crippen LogP) is 0.825. The Labute approximate surface area is 102 Å². The first-order chi connectivity index (χ1) is 7.99. The molecule has 0 aromatic carbocycles. The van der Waals surface area contributed by atoms with E-state index in [0.717, 1.165) is 19.3 Å². The number of carbonyl (C=O) groups excluding carboxylic acids is 1. The predicted molar refractivity (Wildman–Crippen MR) is 64.4 cm³/mol. The second-order valence-electron chi connectivity index (χ2n) is 4.79. The molecule has 1 rings (SSSR count). The van der Waals surface area contributed by atoms with Gasteiger partial charge in [-0.25, -0.2) is 4.79 Å². The average molecular weight is 242 g/mol. The van der Waals surface area contributed by atoms with Gasteiger partial charge in [0.25, 0.3) is 0 Å². The van der Waals surface area contributed by atoms with Crippen LogP contribution in [0.2, 0.25) is 0 Å². The summed E-state index contributed by atoms with van der Waals surface area (Å²) in [6.07, 6.45) is 3.08. The Hall–Kier alpha value is -1.10. The molecule has 1 amide bonds. The number of hydrogen-bond donors (Lipinski definition) is 2. The van der Waals surface area contributed by atoms with Gasteiger partial charge in [0.1, 0.15) is 6.04 Å². The Morgan fingerprint density at radius 3 is 2.65 bits per heavy atom. The number of likely N-dealkylation sites (tertiary alicyclic amines) is 1. The van der Waals surface area contributed by atoms with Crippen molar-refractivity contribution in [2.45, 2.75) is 51.6 Å². The molecule has 0 aromatic heterocycles. The Bertz CT molecular complexity index is 293. The molecule has 1 heterocycles. The van der Waals surface area contributed by atoms with Gasteiger partial charge in [-0.2, -0.15) is 0 Å². The molecule has 0 saturated carbocycles. The highest BCUT2D eigenvalue weighted by atomic mass is 16.4. The lowest BCUT2D eigenvalue weighted by Crippen LogP contribution is -2.55. The summed E-state index contributed by atoms with van der Waals surface area (Å²) >= 11 is 0. The molecule has 1 aliphatic rings. The molecule has 5 heteroatoms. The average Bonchev–Trinajstić information content (AvgIpc) is 2.35. The van der Waals surface area contributed by atoms with Crippen LogP contribution in [0.15, 0.2) is 0 Å². The summed E-state index contributed by atoms with van der Waals surface area (Å²) in [6, 6.07) is -1.27. The second kappa shape index (κ2) is 6.00. The molecule has 0 aliphatic carbocycles. The molecule has 98 valence electrons. The van der Waals surface area contributed by atoms with Gasteiger partial charge >= 0.3 is 5.97 Å². The number of carbonyl (C=O) groups is 2. The smallest absolute Gasteiger partial charge is 0.326 e. The van der Waals surface area contributed by atoms with E-state index in [0.29, 0.717) is 13.0 Å². The lowest BCUT2D eigenvalue weighted by molar-refractivity contribution is -0.153. The zero-order valence-corrected chi connectivity index (χ0v) is 10.6. The van der Waals surface area contributed by atoms with Gasteiger partial charge in [0, 0.05) is 6.54 Å². The third kappa shape index (κ3) is 3.19. The van der Waals surface area contributed by atoms with E-state index in [-0.39, 0.29) is 11.8 Å². The van der Waals surface area contributed by atoms with E-state index in [1.807, 2.05) is 13.8 Å². The number of rotatable bonds is 4. The minimum atomic E-state index is -0.922. The molecule has 5 nitrogen and oxygen atoms in total. The molecule has 1 fully saturated rings. The molecule has 17 heavy (non-hydrogen) atoms. The fourth-order valence-electron chi connectivity index (χ4n) is 2.14. The van der Waals surface area contributed by atoms with E-state index in [2.05, 4.69) is 0 Å². The summed E-state index contributed by atoms with van der Waals surface area (Å²) in [7, 11) is 0. The zero-order chi connectivity index (χ0) is 13.0. The zero-order valence-electron chi connectivity index (χ0n) is 10.6. The Morgan fingerprint density at radius 1 is 1.47 bits per heavy atom. The normalized spacial score (nSPS) is 24.2. The molecule has 0 aromatic rings. The van der Waals surface area contributed by atoms with Gasteiger partial charge in [-0.3, -0.25) is 4.79 Å². The van der Waals surface area contributed by atoms with Gasteiger partial charge in [0.15, 0.2) is 0 Å². The summed E-state index contributed by atoms with van der Waals surface area (Å²) in [5.41, 5.74) is 5.88. The van der Waals surface area contributed by atoms with Crippen molar-refractivity contribution in [2.24, 2.45) is 11.7 Å². The fraction of sp³-hybridized carbons (Fsp3) is 0.833. The van der Waals surface area contributed by atoms with Crippen LogP contribution < -0.4 is 5.73 Å². The highest BCUT2D eigenvalue weighted by Crippen LogP contribution is 2.20. The van der Waals surface area contributed by atoms with Crippen molar-refractivity contribution in [3.63, 3.8) is 0 Å². The van der Waals surface area contributed by atoms with Gasteiger partial charge in [-0.05, 0) is 25.2 Å². The number of nitrogens with zero attached hydrogens (tertiary/aromatic N) is 1. The molecule has 0 bridgehead atoms. The lowest BCUT2D eigenvalue weighted by atomic mass is 9.95. The van der Waals surface area contributed by atoms with Crippen LogP contribution in [-0.4, -0.2) is 40.5 Å². The van der Waals surface area contributed by atoms with Crippen molar-refractivity contribution in [3.05, 3.63) is 0 Å². The van der Waals surface area contributed by atoms with Crippen LogP contribution in [0.5, 0.6) is 0 Å². The Kier molecular flexibility index (Phi) is 4.93. The van der Waals surface area contributed by atoms with E-state index in [1.54, 1.807) is 0 Å². The maximum absolute atomic E-state index is 12.2. The fourth-order valence-corrected chi connectivity index (χ4v) is 2.14. The van der Waals surface area contributed by atoms with Crippen molar-refractivity contribution in [2.75, 3.05) is 6.54 Å². The molecule has 1 saturated heterocycles. The molecular formula is C12H22N2O3. The number of aliphatic carboxylic acids is 1. The maximum Gasteiger partial charge on any atom is 0.326 e. The minimum Gasteiger partial charge on any atom is -0.480 e.